The summed E-state index contributed by atoms with van der Waals surface area (Å²) in [7, 11) is 0. The third kappa shape index (κ3) is 1.81. The van der Waals surface area contributed by atoms with Gasteiger partial charge in [0.2, 0.25) is 0 Å². The fraction of sp³-hybridized carbons (Fsp3) is 0.231. The number of imidazole rings is 1. The van der Waals surface area contributed by atoms with E-state index < -0.39 is 0 Å². The molecule has 0 aliphatic heterocycles. The third-order valence-electron chi connectivity index (χ3n) is 2.83. The molecule has 0 amide bonds. The van der Waals surface area contributed by atoms with Crippen molar-refractivity contribution >= 4 is 17.0 Å². The normalized spacial score (nSPS) is 13.1. The highest BCUT2D eigenvalue weighted by Gasteiger charge is 2.14. The van der Waals surface area contributed by atoms with E-state index in [0.29, 0.717) is 0 Å². The Hall–Kier alpha value is -1.72. The largest absolute Gasteiger partial charge is 0.323 e. The first-order chi connectivity index (χ1) is 8.65. The summed E-state index contributed by atoms with van der Waals surface area (Å²) >= 11 is 1.62. The van der Waals surface area contributed by atoms with Gasteiger partial charge in [-0.25, -0.2) is 9.97 Å². The predicted molar refractivity (Wildman–Crippen MR) is 73.6 cm³/mol. The second-order valence-corrected chi connectivity index (χ2v) is 5.38. The Balaban J connectivity index is 2.11. The molecule has 1 unspecified atom stereocenters. The Morgan fingerprint density at radius 1 is 1.33 bits per heavy atom. The quantitative estimate of drug-likeness (QED) is 0.769. The van der Waals surface area contributed by atoms with Crippen LogP contribution in [0.1, 0.15) is 23.5 Å². The fourth-order valence-electron chi connectivity index (χ4n) is 1.98. The van der Waals surface area contributed by atoms with Gasteiger partial charge in [-0.3, -0.25) is 0 Å². The van der Waals surface area contributed by atoms with E-state index in [9.17, 15) is 0 Å². The SMILES string of the molecule is Cc1nc(-c2cn3ccccc3n2)sc1C(C)N. The first-order valence-electron chi connectivity index (χ1n) is 5.82. The van der Waals surface area contributed by atoms with E-state index in [0.717, 1.165) is 26.9 Å². The Morgan fingerprint density at radius 3 is 2.83 bits per heavy atom. The van der Waals surface area contributed by atoms with Crippen LogP contribution in [0.15, 0.2) is 30.6 Å². The maximum absolute atomic E-state index is 5.93. The molecule has 0 aliphatic rings. The highest BCUT2D eigenvalue weighted by molar-refractivity contribution is 7.15. The molecular formula is C13H14N4S. The number of pyridine rings is 1. The van der Waals surface area contributed by atoms with Crippen molar-refractivity contribution in [3.05, 3.63) is 41.2 Å². The number of hydrogen-bond acceptors (Lipinski definition) is 4. The van der Waals surface area contributed by atoms with E-state index in [-0.39, 0.29) is 6.04 Å². The van der Waals surface area contributed by atoms with Crippen molar-refractivity contribution in [1.82, 2.24) is 14.4 Å². The first-order valence-corrected chi connectivity index (χ1v) is 6.64. The molecule has 0 saturated carbocycles. The van der Waals surface area contributed by atoms with Crippen molar-refractivity contribution in [3.8, 4) is 10.7 Å². The zero-order valence-electron chi connectivity index (χ0n) is 10.3. The van der Waals surface area contributed by atoms with Crippen LogP contribution in [0, 0.1) is 6.92 Å². The molecule has 3 rings (SSSR count). The van der Waals surface area contributed by atoms with E-state index in [1.54, 1.807) is 11.3 Å². The molecule has 0 fully saturated rings. The minimum atomic E-state index is 0.0216. The minimum absolute atomic E-state index is 0.0216. The molecule has 0 aliphatic carbocycles. The monoisotopic (exact) mass is 258 g/mol. The minimum Gasteiger partial charge on any atom is -0.323 e. The Morgan fingerprint density at radius 2 is 2.17 bits per heavy atom. The lowest BCUT2D eigenvalue weighted by Gasteiger charge is -1.99. The molecule has 4 nitrogen and oxygen atoms in total. The molecule has 0 saturated heterocycles. The number of rotatable bonds is 2. The van der Waals surface area contributed by atoms with Crippen LogP contribution >= 0.6 is 11.3 Å². The average Bonchev–Trinajstić information content (AvgIpc) is 2.91. The number of aromatic nitrogens is 3. The molecule has 92 valence electrons. The summed E-state index contributed by atoms with van der Waals surface area (Å²) in [5.74, 6) is 0. The molecule has 3 aromatic rings. The first kappa shape index (κ1) is 11.4. The summed E-state index contributed by atoms with van der Waals surface area (Å²) in [6.45, 7) is 3.97. The van der Waals surface area contributed by atoms with Crippen molar-refractivity contribution in [3.63, 3.8) is 0 Å². The van der Waals surface area contributed by atoms with Crippen molar-refractivity contribution in [1.29, 1.82) is 0 Å². The van der Waals surface area contributed by atoms with Gasteiger partial charge in [0.1, 0.15) is 16.3 Å². The van der Waals surface area contributed by atoms with Crippen molar-refractivity contribution in [2.24, 2.45) is 5.73 Å². The van der Waals surface area contributed by atoms with Crippen LogP contribution in [0.25, 0.3) is 16.3 Å². The number of aryl methyl sites for hydroxylation is 1. The highest BCUT2D eigenvalue weighted by Crippen LogP contribution is 2.30. The molecule has 0 radical (unpaired) electrons. The van der Waals surface area contributed by atoms with Crippen molar-refractivity contribution < 1.29 is 0 Å². The number of nitrogens with zero attached hydrogens (tertiary/aromatic N) is 3. The van der Waals surface area contributed by atoms with Crippen molar-refractivity contribution in [2.75, 3.05) is 0 Å². The van der Waals surface area contributed by atoms with E-state index in [2.05, 4.69) is 9.97 Å². The van der Waals surface area contributed by atoms with Crippen LogP contribution in [-0.2, 0) is 0 Å². The summed E-state index contributed by atoms with van der Waals surface area (Å²) in [4.78, 5) is 10.3. The van der Waals surface area contributed by atoms with Crippen molar-refractivity contribution in [2.45, 2.75) is 19.9 Å². The molecule has 1 atom stereocenters. The Bertz CT molecular complexity index is 663. The van der Waals surface area contributed by atoms with Gasteiger partial charge in [-0.05, 0) is 26.0 Å². The summed E-state index contributed by atoms with van der Waals surface area (Å²) in [6.07, 6.45) is 3.98. The summed E-state index contributed by atoms with van der Waals surface area (Å²) in [5.41, 5.74) is 8.76. The molecule has 3 aromatic heterocycles. The average molecular weight is 258 g/mol. The smallest absolute Gasteiger partial charge is 0.144 e. The number of thiazole rings is 1. The fourth-order valence-corrected chi connectivity index (χ4v) is 2.95. The molecular weight excluding hydrogens is 244 g/mol. The summed E-state index contributed by atoms with van der Waals surface area (Å²) < 4.78 is 2.00. The standard InChI is InChI=1S/C13H14N4S/c1-8(14)12-9(2)15-13(18-12)10-7-17-6-4-3-5-11(17)16-10/h3-8H,14H2,1-2H3. The molecule has 3 heterocycles. The Labute approximate surface area is 109 Å². The molecule has 0 bridgehead atoms. The van der Waals surface area contributed by atoms with Gasteiger partial charge in [0.25, 0.3) is 0 Å². The van der Waals surface area contributed by atoms with Crippen LogP contribution in [0.4, 0.5) is 0 Å². The summed E-state index contributed by atoms with van der Waals surface area (Å²) in [6, 6.07) is 5.97. The lowest BCUT2D eigenvalue weighted by molar-refractivity contribution is 0.825. The molecule has 0 aromatic carbocycles. The van der Waals surface area contributed by atoms with Gasteiger partial charge >= 0.3 is 0 Å². The zero-order valence-corrected chi connectivity index (χ0v) is 11.1. The highest BCUT2D eigenvalue weighted by atomic mass is 32.1. The predicted octanol–water partition coefficient (Wildman–Crippen LogP) is 2.79. The van der Waals surface area contributed by atoms with Crippen LogP contribution in [0.2, 0.25) is 0 Å². The van der Waals surface area contributed by atoms with E-state index >= 15 is 0 Å². The van der Waals surface area contributed by atoms with Gasteiger partial charge in [0.05, 0.1) is 5.69 Å². The number of nitrogens with two attached hydrogens (primary N) is 1. The van der Waals surface area contributed by atoms with Crippen LogP contribution < -0.4 is 5.73 Å². The maximum Gasteiger partial charge on any atom is 0.144 e. The lowest BCUT2D eigenvalue weighted by Crippen LogP contribution is -2.03. The van der Waals surface area contributed by atoms with Gasteiger partial charge in [0.15, 0.2) is 0 Å². The number of hydrogen-bond donors (Lipinski definition) is 1. The Kier molecular flexibility index (Phi) is 2.65. The molecule has 5 heteroatoms. The lowest BCUT2D eigenvalue weighted by atomic mass is 10.2. The number of fused-ring (bicyclic) bond motifs is 1. The zero-order chi connectivity index (χ0) is 12.7. The van der Waals surface area contributed by atoms with Crippen LogP contribution in [0.5, 0.6) is 0 Å². The molecule has 2 N–H and O–H groups in total. The molecule has 18 heavy (non-hydrogen) atoms. The second kappa shape index (κ2) is 4.19. The summed E-state index contributed by atoms with van der Waals surface area (Å²) in [5, 5.41) is 0.934. The van der Waals surface area contributed by atoms with Gasteiger partial charge in [0, 0.05) is 23.3 Å². The third-order valence-corrected chi connectivity index (χ3v) is 4.21. The van der Waals surface area contributed by atoms with Gasteiger partial charge in [-0.2, -0.15) is 0 Å². The van der Waals surface area contributed by atoms with E-state index in [1.807, 2.05) is 48.8 Å². The maximum atomic E-state index is 5.93. The van der Waals surface area contributed by atoms with Gasteiger partial charge in [-0.1, -0.05) is 6.07 Å². The molecule has 0 spiro atoms. The van der Waals surface area contributed by atoms with Crippen LogP contribution in [0.3, 0.4) is 0 Å². The van der Waals surface area contributed by atoms with E-state index in [4.69, 9.17) is 5.73 Å². The van der Waals surface area contributed by atoms with Crippen LogP contribution in [-0.4, -0.2) is 14.4 Å². The second-order valence-electron chi connectivity index (χ2n) is 4.35. The topological polar surface area (TPSA) is 56.2 Å². The van der Waals surface area contributed by atoms with E-state index in [1.165, 1.54) is 0 Å². The van der Waals surface area contributed by atoms with Gasteiger partial charge in [-0.15, -0.1) is 11.3 Å². The van der Waals surface area contributed by atoms with Gasteiger partial charge < -0.3 is 10.1 Å².